The number of carboxylic acids is 1. The fourth-order valence-electron chi connectivity index (χ4n) is 2.61. The minimum absolute atomic E-state index is 0.163. The number of benzene rings is 1. The lowest BCUT2D eigenvalue weighted by molar-refractivity contribution is -0.143. The number of urea groups is 1. The van der Waals surface area contributed by atoms with Gasteiger partial charge in [0.15, 0.2) is 0 Å². The van der Waals surface area contributed by atoms with E-state index in [1.54, 1.807) is 4.90 Å². The van der Waals surface area contributed by atoms with Gasteiger partial charge in [-0.05, 0) is 24.3 Å². The number of aliphatic carboxylic acids is 1. The molecule has 2 amide bonds. The van der Waals surface area contributed by atoms with Crippen LogP contribution in [0.3, 0.4) is 0 Å². The molecule has 1 aliphatic rings. The van der Waals surface area contributed by atoms with Crippen LogP contribution in [0.1, 0.15) is 31.2 Å². The molecule has 0 aliphatic carbocycles. The molecule has 0 spiro atoms. The first-order valence-electron chi connectivity index (χ1n) is 7.38. The molecular weight excluding hydrogens is 268 g/mol. The Bertz CT molecular complexity index is 490. The average molecular weight is 290 g/mol. The number of carbonyl (C=O) groups is 2. The molecule has 5 nitrogen and oxygen atoms in total. The van der Waals surface area contributed by atoms with Crippen LogP contribution in [0.2, 0.25) is 0 Å². The highest BCUT2D eigenvalue weighted by Crippen LogP contribution is 2.17. The van der Waals surface area contributed by atoms with Crippen molar-refractivity contribution >= 4 is 12.0 Å². The Balaban J connectivity index is 1.83. The Morgan fingerprint density at radius 3 is 2.76 bits per heavy atom. The van der Waals surface area contributed by atoms with Gasteiger partial charge < -0.3 is 15.3 Å². The van der Waals surface area contributed by atoms with E-state index in [9.17, 15) is 9.59 Å². The summed E-state index contributed by atoms with van der Waals surface area (Å²) in [6.07, 6.45) is 1.40. The highest BCUT2D eigenvalue weighted by atomic mass is 16.4. The smallest absolute Gasteiger partial charge is 0.317 e. The highest BCUT2D eigenvalue weighted by Gasteiger charge is 2.28. The number of nitrogens with one attached hydrogen (secondary N) is 1. The third kappa shape index (κ3) is 4.21. The van der Waals surface area contributed by atoms with Crippen molar-refractivity contribution in [2.24, 2.45) is 5.92 Å². The standard InChI is InChI=1S/C16H22N2O3/c1-12(13-6-3-2-4-7-13)10-17-16(21)18-9-5-8-14(11-18)15(19)20/h2-4,6-7,12,14H,5,8-11H2,1H3,(H,17,21)(H,19,20)/t12?,14-/m1/s1. The number of hydrogen-bond donors (Lipinski definition) is 2. The van der Waals surface area contributed by atoms with Crippen LogP contribution < -0.4 is 5.32 Å². The van der Waals surface area contributed by atoms with Gasteiger partial charge in [-0.1, -0.05) is 37.3 Å². The summed E-state index contributed by atoms with van der Waals surface area (Å²) in [6, 6.07) is 9.85. The summed E-state index contributed by atoms with van der Waals surface area (Å²) < 4.78 is 0. The Morgan fingerprint density at radius 1 is 1.38 bits per heavy atom. The van der Waals surface area contributed by atoms with Gasteiger partial charge in [0.2, 0.25) is 0 Å². The van der Waals surface area contributed by atoms with E-state index in [0.29, 0.717) is 26.1 Å². The molecule has 114 valence electrons. The lowest BCUT2D eigenvalue weighted by atomic mass is 9.98. The first-order valence-corrected chi connectivity index (χ1v) is 7.38. The third-order valence-corrected chi connectivity index (χ3v) is 3.99. The number of rotatable bonds is 4. The molecule has 1 aromatic rings. The van der Waals surface area contributed by atoms with Crippen LogP contribution in [-0.2, 0) is 4.79 Å². The van der Waals surface area contributed by atoms with Crippen molar-refractivity contribution in [2.75, 3.05) is 19.6 Å². The minimum Gasteiger partial charge on any atom is -0.481 e. The van der Waals surface area contributed by atoms with Gasteiger partial charge in [0.1, 0.15) is 0 Å². The highest BCUT2D eigenvalue weighted by molar-refractivity contribution is 5.76. The number of amides is 2. The quantitative estimate of drug-likeness (QED) is 0.894. The monoisotopic (exact) mass is 290 g/mol. The summed E-state index contributed by atoms with van der Waals surface area (Å²) in [5.41, 5.74) is 1.18. The molecule has 1 unspecified atom stereocenters. The summed E-state index contributed by atoms with van der Waals surface area (Å²) in [5.74, 6) is -1.02. The summed E-state index contributed by atoms with van der Waals surface area (Å²) in [6.45, 7) is 3.55. The lowest BCUT2D eigenvalue weighted by Crippen LogP contribution is -2.47. The largest absolute Gasteiger partial charge is 0.481 e. The molecule has 5 heteroatoms. The predicted molar refractivity (Wildman–Crippen MR) is 80.2 cm³/mol. The van der Waals surface area contributed by atoms with Crippen LogP contribution >= 0.6 is 0 Å². The topological polar surface area (TPSA) is 69.6 Å². The second kappa shape index (κ2) is 7.11. The number of carbonyl (C=O) groups excluding carboxylic acids is 1. The van der Waals surface area contributed by atoms with Crippen LogP contribution in [0.25, 0.3) is 0 Å². The molecule has 0 bridgehead atoms. The summed E-state index contributed by atoms with van der Waals surface area (Å²) in [5, 5.41) is 12.0. The van der Waals surface area contributed by atoms with Crippen LogP contribution in [-0.4, -0.2) is 41.6 Å². The van der Waals surface area contributed by atoms with Crippen molar-refractivity contribution in [3.05, 3.63) is 35.9 Å². The van der Waals surface area contributed by atoms with Crippen LogP contribution in [0, 0.1) is 5.92 Å². The maximum atomic E-state index is 12.1. The van der Waals surface area contributed by atoms with E-state index in [2.05, 4.69) is 12.2 Å². The minimum atomic E-state index is -0.815. The lowest BCUT2D eigenvalue weighted by Gasteiger charge is -2.31. The van der Waals surface area contributed by atoms with E-state index in [1.165, 1.54) is 5.56 Å². The Morgan fingerprint density at radius 2 is 2.10 bits per heavy atom. The molecule has 0 radical (unpaired) electrons. The molecule has 1 fully saturated rings. The molecule has 0 saturated carbocycles. The Labute approximate surface area is 125 Å². The van der Waals surface area contributed by atoms with Crippen molar-refractivity contribution in [1.82, 2.24) is 10.2 Å². The van der Waals surface area contributed by atoms with Gasteiger partial charge in [-0.25, -0.2) is 4.79 Å². The van der Waals surface area contributed by atoms with Gasteiger partial charge in [-0.3, -0.25) is 4.79 Å². The third-order valence-electron chi connectivity index (χ3n) is 3.99. The van der Waals surface area contributed by atoms with E-state index in [-0.39, 0.29) is 11.9 Å². The second-order valence-corrected chi connectivity index (χ2v) is 5.62. The molecule has 1 saturated heterocycles. The van der Waals surface area contributed by atoms with Crippen molar-refractivity contribution in [3.63, 3.8) is 0 Å². The number of likely N-dealkylation sites (tertiary alicyclic amines) is 1. The van der Waals surface area contributed by atoms with E-state index < -0.39 is 11.9 Å². The van der Waals surface area contributed by atoms with E-state index in [1.807, 2.05) is 30.3 Å². The SMILES string of the molecule is CC(CNC(=O)N1CCC[C@@H](C(=O)O)C1)c1ccccc1. The van der Waals surface area contributed by atoms with Crippen molar-refractivity contribution in [3.8, 4) is 0 Å². The zero-order chi connectivity index (χ0) is 15.2. The normalized spacial score (nSPS) is 19.9. The van der Waals surface area contributed by atoms with E-state index >= 15 is 0 Å². The molecule has 0 aromatic heterocycles. The van der Waals surface area contributed by atoms with Crippen LogP contribution in [0.15, 0.2) is 30.3 Å². The summed E-state index contributed by atoms with van der Waals surface area (Å²) in [4.78, 5) is 24.8. The first kappa shape index (κ1) is 15.4. The summed E-state index contributed by atoms with van der Waals surface area (Å²) in [7, 11) is 0. The fourth-order valence-corrected chi connectivity index (χ4v) is 2.61. The predicted octanol–water partition coefficient (Wildman–Crippen LogP) is 2.30. The molecule has 1 aromatic carbocycles. The van der Waals surface area contributed by atoms with Crippen LogP contribution in [0.4, 0.5) is 4.79 Å². The van der Waals surface area contributed by atoms with Gasteiger partial charge >= 0.3 is 12.0 Å². The molecule has 2 atom stereocenters. The number of nitrogens with zero attached hydrogens (tertiary/aromatic N) is 1. The summed E-state index contributed by atoms with van der Waals surface area (Å²) >= 11 is 0. The van der Waals surface area contributed by atoms with Gasteiger partial charge in [0, 0.05) is 19.6 Å². The first-order chi connectivity index (χ1) is 10.1. The van der Waals surface area contributed by atoms with Gasteiger partial charge in [-0.2, -0.15) is 0 Å². The van der Waals surface area contributed by atoms with Gasteiger partial charge in [0.25, 0.3) is 0 Å². The van der Waals surface area contributed by atoms with Crippen molar-refractivity contribution in [1.29, 1.82) is 0 Å². The molecule has 21 heavy (non-hydrogen) atoms. The average Bonchev–Trinajstić information content (AvgIpc) is 2.53. The molecule has 2 rings (SSSR count). The maximum Gasteiger partial charge on any atom is 0.317 e. The molecule has 1 aliphatic heterocycles. The Hall–Kier alpha value is -2.04. The zero-order valence-corrected chi connectivity index (χ0v) is 12.3. The number of hydrogen-bond acceptors (Lipinski definition) is 2. The van der Waals surface area contributed by atoms with Crippen molar-refractivity contribution in [2.45, 2.75) is 25.7 Å². The van der Waals surface area contributed by atoms with E-state index in [4.69, 9.17) is 5.11 Å². The fraction of sp³-hybridized carbons (Fsp3) is 0.500. The zero-order valence-electron chi connectivity index (χ0n) is 12.3. The Kier molecular flexibility index (Phi) is 5.20. The molecule has 1 heterocycles. The number of piperidine rings is 1. The van der Waals surface area contributed by atoms with Crippen LogP contribution in [0.5, 0.6) is 0 Å². The van der Waals surface area contributed by atoms with Crippen molar-refractivity contribution < 1.29 is 14.7 Å². The van der Waals surface area contributed by atoms with Gasteiger partial charge in [0.05, 0.1) is 5.92 Å². The van der Waals surface area contributed by atoms with E-state index in [0.717, 1.165) is 6.42 Å². The van der Waals surface area contributed by atoms with Gasteiger partial charge in [-0.15, -0.1) is 0 Å². The molecule has 2 N–H and O–H groups in total. The second-order valence-electron chi connectivity index (χ2n) is 5.62. The number of carboxylic acid groups (broad SMARTS) is 1. The maximum absolute atomic E-state index is 12.1. The molecular formula is C16H22N2O3.